The molecule has 1 N–H and O–H groups in total. The number of hydrogen-bond donors (Lipinski definition) is 1. The molecule has 0 spiro atoms. The first kappa shape index (κ1) is 7.93. The zero-order valence-electron chi connectivity index (χ0n) is 9.36. The van der Waals surface area contributed by atoms with Crippen molar-refractivity contribution in [2.75, 3.05) is 5.32 Å². The van der Waals surface area contributed by atoms with Crippen LogP contribution >= 0.6 is 0 Å². The molecule has 3 heteroatoms. The van der Waals surface area contributed by atoms with Crippen molar-refractivity contribution in [1.29, 1.82) is 0 Å². The molecule has 0 saturated heterocycles. The molecule has 1 aromatic heterocycles. The molecule has 1 aliphatic rings. The maximum absolute atomic E-state index is 11.8. The van der Waals surface area contributed by atoms with Gasteiger partial charge < -0.3 is 9.73 Å². The summed E-state index contributed by atoms with van der Waals surface area (Å²) in [5, 5.41) is 2.78. The van der Waals surface area contributed by atoms with Gasteiger partial charge in [-0.05, 0) is 24.3 Å². The minimum atomic E-state index is -0.144. The highest BCUT2D eigenvalue weighted by atomic mass is 16.3. The maximum atomic E-state index is 11.8. The van der Waals surface area contributed by atoms with Crippen LogP contribution in [-0.2, 0) is 4.79 Å². The van der Waals surface area contributed by atoms with Gasteiger partial charge in [0.15, 0.2) is 0 Å². The molecule has 0 atom stereocenters. The van der Waals surface area contributed by atoms with Crippen molar-refractivity contribution >= 4 is 23.2 Å². The summed E-state index contributed by atoms with van der Waals surface area (Å²) in [6, 6.07) is 10.7. The number of carbonyl (C=O) groups is 1. The third-order valence-corrected chi connectivity index (χ3v) is 2.49. The summed E-state index contributed by atoms with van der Waals surface area (Å²) in [6.07, 6.45) is 1.74. The van der Waals surface area contributed by atoms with Crippen LogP contribution in [0.1, 0.15) is 12.7 Å². The van der Waals surface area contributed by atoms with Gasteiger partial charge in [-0.25, -0.2) is 0 Å². The lowest BCUT2D eigenvalue weighted by Gasteiger charge is -1.95. The Labute approximate surface area is 93.8 Å². The number of hydrogen-bond acceptors (Lipinski definition) is 2. The highest BCUT2D eigenvalue weighted by molar-refractivity contribution is 6.34. The summed E-state index contributed by atoms with van der Waals surface area (Å²) in [5.41, 5.74) is 2.23. The van der Waals surface area contributed by atoms with E-state index in [1.807, 2.05) is 24.3 Å². The normalized spacial score (nSPS) is 17.1. The van der Waals surface area contributed by atoms with Gasteiger partial charge in [0.05, 0.1) is 11.8 Å². The predicted octanol–water partition coefficient (Wildman–Crippen LogP) is 2.77. The van der Waals surface area contributed by atoms with Gasteiger partial charge in [-0.3, -0.25) is 4.79 Å². The molecule has 2 aromatic rings. The number of rotatable bonds is 1. The number of amides is 1. The standard InChI is InChI=1S/C13H9NO2/c15-13-11(8-9-4-3-7-16-9)10-5-1-2-6-12(10)14-13/h1-8H,(H,14,15)/i7D. The van der Waals surface area contributed by atoms with E-state index >= 15 is 0 Å². The molecule has 0 bridgehead atoms. The summed E-state index contributed by atoms with van der Waals surface area (Å²) < 4.78 is 12.4. The van der Waals surface area contributed by atoms with Crippen molar-refractivity contribution in [3.63, 3.8) is 0 Å². The smallest absolute Gasteiger partial charge is 0.256 e. The van der Waals surface area contributed by atoms with Crippen molar-refractivity contribution in [3.05, 3.63) is 54.0 Å². The van der Waals surface area contributed by atoms with Crippen LogP contribution in [0, 0.1) is 0 Å². The molecule has 3 rings (SSSR count). The Kier molecular flexibility index (Phi) is 1.68. The fourth-order valence-electron chi connectivity index (χ4n) is 1.75. The highest BCUT2D eigenvalue weighted by Crippen LogP contribution is 2.32. The Morgan fingerprint density at radius 2 is 2.12 bits per heavy atom. The Morgan fingerprint density at radius 1 is 1.25 bits per heavy atom. The Hall–Kier alpha value is -2.29. The van der Waals surface area contributed by atoms with Gasteiger partial charge in [0, 0.05) is 11.3 Å². The van der Waals surface area contributed by atoms with Crippen LogP contribution in [0.15, 0.2) is 47.1 Å². The molecule has 78 valence electrons. The number of para-hydroxylation sites is 1. The second-order valence-corrected chi connectivity index (χ2v) is 3.51. The van der Waals surface area contributed by atoms with E-state index < -0.39 is 0 Å². The average molecular weight is 212 g/mol. The molecule has 1 amide bonds. The Balaban J connectivity index is 2.09. The summed E-state index contributed by atoms with van der Waals surface area (Å²) in [6.45, 7) is 0. The van der Waals surface area contributed by atoms with Gasteiger partial charge in [0.25, 0.3) is 5.91 Å². The molecule has 0 unspecified atom stereocenters. The van der Waals surface area contributed by atoms with E-state index in [0.717, 1.165) is 11.3 Å². The molecule has 0 saturated carbocycles. The first-order valence-corrected chi connectivity index (χ1v) is 4.93. The lowest BCUT2D eigenvalue weighted by molar-refractivity contribution is -0.110. The monoisotopic (exact) mass is 212 g/mol. The number of nitrogens with one attached hydrogen (secondary N) is 1. The summed E-state index contributed by atoms with van der Waals surface area (Å²) >= 11 is 0. The second kappa shape index (κ2) is 3.38. The lowest BCUT2D eigenvalue weighted by Crippen LogP contribution is -2.03. The largest absolute Gasteiger partial charge is 0.465 e. The minimum Gasteiger partial charge on any atom is -0.465 e. The molecule has 0 fully saturated rings. The van der Waals surface area contributed by atoms with Crippen LogP contribution < -0.4 is 5.32 Å². The SMILES string of the molecule is [2H]c1ccc(C=C2C(=O)Nc3ccccc32)o1. The van der Waals surface area contributed by atoms with Crippen LogP contribution in [0.5, 0.6) is 0 Å². The van der Waals surface area contributed by atoms with Crippen molar-refractivity contribution in [2.24, 2.45) is 0 Å². The fraction of sp³-hybridized carbons (Fsp3) is 0. The molecular weight excluding hydrogens is 202 g/mol. The molecule has 1 aromatic carbocycles. The van der Waals surface area contributed by atoms with Crippen molar-refractivity contribution in [3.8, 4) is 0 Å². The average Bonchev–Trinajstić information content (AvgIpc) is 2.85. The number of furan rings is 1. The van der Waals surface area contributed by atoms with Crippen LogP contribution in [0.4, 0.5) is 5.69 Å². The van der Waals surface area contributed by atoms with Gasteiger partial charge in [-0.1, -0.05) is 18.2 Å². The quantitative estimate of drug-likeness (QED) is 0.738. The second-order valence-electron chi connectivity index (χ2n) is 3.51. The summed E-state index contributed by atoms with van der Waals surface area (Å²) in [4.78, 5) is 11.8. The maximum Gasteiger partial charge on any atom is 0.256 e. The molecular formula is C13H9NO2. The summed E-state index contributed by atoms with van der Waals surface area (Å²) in [7, 11) is 0. The van der Waals surface area contributed by atoms with Gasteiger partial charge >= 0.3 is 0 Å². The molecule has 16 heavy (non-hydrogen) atoms. The van der Waals surface area contributed by atoms with Crippen molar-refractivity contribution in [1.82, 2.24) is 0 Å². The predicted molar refractivity (Wildman–Crippen MR) is 61.7 cm³/mol. The lowest BCUT2D eigenvalue weighted by atomic mass is 10.1. The van der Waals surface area contributed by atoms with E-state index in [2.05, 4.69) is 5.32 Å². The fourth-order valence-corrected chi connectivity index (χ4v) is 1.75. The van der Waals surface area contributed by atoms with E-state index in [1.54, 1.807) is 18.2 Å². The minimum absolute atomic E-state index is 0.0866. The molecule has 1 aliphatic heterocycles. The number of anilines is 1. The highest BCUT2D eigenvalue weighted by Gasteiger charge is 2.23. The van der Waals surface area contributed by atoms with Crippen molar-refractivity contribution < 1.29 is 10.6 Å². The molecule has 0 radical (unpaired) electrons. The van der Waals surface area contributed by atoms with E-state index in [0.29, 0.717) is 11.3 Å². The van der Waals surface area contributed by atoms with Gasteiger partial charge in [-0.15, -0.1) is 0 Å². The number of fused-ring (bicyclic) bond motifs is 1. The molecule has 2 heterocycles. The Bertz CT molecular complexity index is 628. The van der Waals surface area contributed by atoms with E-state index in [-0.39, 0.29) is 12.1 Å². The van der Waals surface area contributed by atoms with Crippen molar-refractivity contribution in [2.45, 2.75) is 0 Å². The summed E-state index contributed by atoms with van der Waals surface area (Å²) in [5.74, 6) is 0.367. The third kappa shape index (κ3) is 1.34. The van der Waals surface area contributed by atoms with Gasteiger partial charge in [0.1, 0.15) is 7.13 Å². The zero-order chi connectivity index (χ0) is 11.8. The molecule has 3 nitrogen and oxygen atoms in total. The Morgan fingerprint density at radius 3 is 2.94 bits per heavy atom. The van der Waals surface area contributed by atoms with Crippen LogP contribution in [0.3, 0.4) is 0 Å². The first-order valence-electron chi connectivity index (χ1n) is 5.43. The van der Waals surface area contributed by atoms with Gasteiger partial charge in [0.2, 0.25) is 0 Å². The van der Waals surface area contributed by atoms with Crippen LogP contribution in [0.2, 0.25) is 0 Å². The third-order valence-electron chi connectivity index (χ3n) is 2.49. The first-order chi connectivity index (χ1) is 8.24. The van der Waals surface area contributed by atoms with Crippen LogP contribution in [0.25, 0.3) is 11.6 Å². The zero-order valence-corrected chi connectivity index (χ0v) is 8.36. The van der Waals surface area contributed by atoms with Crippen LogP contribution in [-0.4, -0.2) is 5.91 Å². The topological polar surface area (TPSA) is 42.2 Å². The number of benzene rings is 1. The van der Waals surface area contributed by atoms with Gasteiger partial charge in [-0.2, -0.15) is 0 Å². The van der Waals surface area contributed by atoms with E-state index in [1.165, 1.54) is 0 Å². The van der Waals surface area contributed by atoms with E-state index in [9.17, 15) is 4.79 Å². The van der Waals surface area contributed by atoms with E-state index in [4.69, 9.17) is 5.79 Å². The molecule has 0 aliphatic carbocycles. The number of carbonyl (C=O) groups excluding carboxylic acids is 1.